The first-order chi connectivity index (χ1) is 11.1. The number of ether oxygens (including phenoxy) is 3. The van der Waals surface area contributed by atoms with Crippen LogP contribution in [0.5, 0.6) is 17.2 Å². The number of hydrogen-bond donors (Lipinski definition) is 1. The highest BCUT2D eigenvalue weighted by Gasteiger charge is 2.08. The van der Waals surface area contributed by atoms with Gasteiger partial charge in [-0.3, -0.25) is 0 Å². The average Bonchev–Trinajstić information content (AvgIpc) is 2.55. The second kappa shape index (κ2) is 8.32. The minimum Gasteiger partial charge on any atom is -0.497 e. The van der Waals surface area contributed by atoms with E-state index in [0.717, 1.165) is 28.5 Å². The third-order valence-electron chi connectivity index (χ3n) is 3.26. The van der Waals surface area contributed by atoms with Crippen LogP contribution in [0.1, 0.15) is 26.3 Å². The van der Waals surface area contributed by atoms with Crippen LogP contribution in [0.3, 0.4) is 0 Å². The molecule has 0 aliphatic carbocycles. The molecule has 0 saturated carbocycles. The normalized spacial score (nSPS) is 10.5. The molecule has 2 aromatic rings. The molecule has 124 valence electrons. The first kappa shape index (κ1) is 17.0. The van der Waals surface area contributed by atoms with Crippen molar-refractivity contribution in [3.05, 3.63) is 48.0 Å². The van der Waals surface area contributed by atoms with Crippen molar-refractivity contribution in [2.75, 3.05) is 19.0 Å². The van der Waals surface area contributed by atoms with Crippen molar-refractivity contribution < 1.29 is 14.2 Å². The van der Waals surface area contributed by atoms with Gasteiger partial charge in [0.25, 0.3) is 0 Å². The smallest absolute Gasteiger partial charge is 0.161 e. The van der Waals surface area contributed by atoms with E-state index in [1.165, 1.54) is 0 Å². The average molecular weight is 315 g/mol. The van der Waals surface area contributed by atoms with Crippen LogP contribution >= 0.6 is 0 Å². The van der Waals surface area contributed by atoms with Gasteiger partial charge >= 0.3 is 0 Å². The molecule has 1 N–H and O–H groups in total. The van der Waals surface area contributed by atoms with E-state index in [1.807, 2.05) is 57.2 Å². The second-order valence-corrected chi connectivity index (χ2v) is 5.46. The molecule has 0 bridgehead atoms. The van der Waals surface area contributed by atoms with Crippen LogP contribution in [-0.4, -0.2) is 19.8 Å². The van der Waals surface area contributed by atoms with Gasteiger partial charge in [-0.2, -0.15) is 0 Å². The minimum absolute atomic E-state index is 0.123. The van der Waals surface area contributed by atoms with E-state index in [4.69, 9.17) is 14.2 Å². The Hall–Kier alpha value is -2.36. The molecule has 0 heterocycles. The van der Waals surface area contributed by atoms with Crippen LogP contribution in [0.4, 0.5) is 5.69 Å². The quantitative estimate of drug-likeness (QED) is 0.779. The van der Waals surface area contributed by atoms with Crippen molar-refractivity contribution in [3.8, 4) is 17.2 Å². The number of rotatable bonds is 8. The summed E-state index contributed by atoms with van der Waals surface area (Å²) < 4.78 is 16.6. The SMILES string of the molecule is CCOc1cc(CNc2ccc(OC)cc2)ccc1OC(C)C. The van der Waals surface area contributed by atoms with Gasteiger partial charge in [-0.25, -0.2) is 0 Å². The van der Waals surface area contributed by atoms with Crippen LogP contribution in [0.2, 0.25) is 0 Å². The van der Waals surface area contributed by atoms with E-state index in [1.54, 1.807) is 7.11 Å². The van der Waals surface area contributed by atoms with Crippen LogP contribution < -0.4 is 19.5 Å². The molecule has 2 rings (SSSR count). The molecule has 0 atom stereocenters. The Morgan fingerprint density at radius 3 is 2.35 bits per heavy atom. The van der Waals surface area contributed by atoms with Crippen molar-refractivity contribution >= 4 is 5.69 Å². The Kier molecular flexibility index (Phi) is 6.15. The molecular formula is C19H25NO3. The molecule has 0 aromatic heterocycles. The zero-order chi connectivity index (χ0) is 16.7. The van der Waals surface area contributed by atoms with Gasteiger partial charge in [-0.15, -0.1) is 0 Å². The molecule has 4 heteroatoms. The minimum atomic E-state index is 0.123. The van der Waals surface area contributed by atoms with E-state index in [-0.39, 0.29) is 6.10 Å². The molecule has 23 heavy (non-hydrogen) atoms. The summed E-state index contributed by atoms with van der Waals surface area (Å²) in [7, 11) is 1.67. The zero-order valence-corrected chi connectivity index (χ0v) is 14.3. The highest BCUT2D eigenvalue weighted by molar-refractivity contribution is 5.48. The summed E-state index contributed by atoms with van der Waals surface area (Å²) in [4.78, 5) is 0. The second-order valence-electron chi connectivity index (χ2n) is 5.46. The molecule has 0 aliphatic heterocycles. The first-order valence-electron chi connectivity index (χ1n) is 7.92. The molecule has 0 amide bonds. The number of benzene rings is 2. The van der Waals surface area contributed by atoms with Gasteiger partial charge in [0.2, 0.25) is 0 Å². The molecule has 0 radical (unpaired) electrons. The lowest BCUT2D eigenvalue weighted by Crippen LogP contribution is -2.08. The fourth-order valence-electron chi connectivity index (χ4n) is 2.20. The maximum atomic E-state index is 5.78. The molecule has 4 nitrogen and oxygen atoms in total. The Bertz CT molecular complexity index is 609. The predicted molar refractivity (Wildman–Crippen MR) is 93.7 cm³/mol. The van der Waals surface area contributed by atoms with Crippen LogP contribution in [0.25, 0.3) is 0 Å². The number of hydrogen-bond acceptors (Lipinski definition) is 4. The summed E-state index contributed by atoms with van der Waals surface area (Å²) in [6.45, 7) is 7.32. The maximum Gasteiger partial charge on any atom is 0.161 e. The largest absolute Gasteiger partial charge is 0.497 e. The molecular weight excluding hydrogens is 290 g/mol. The van der Waals surface area contributed by atoms with E-state index >= 15 is 0 Å². The highest BCUT2D eigenvalue weighted by Crippen LogP contribution is 2.29. The van der Waals surface area contributed by atoms with E-state index in [2.05, 4.69) is 11.4 Å². The Labute approximate surface area is 138 Å². The van der Waals surface area contributed by atoms with Gasteiger partial charge < -0.3 is 19.5 Å². The van der Waals surface area contributed by atoms with Crippen molar-refractivity contribution in [2.24, 2.45) is 0 Å². The fraction of sp³-hybridized carbons (Fsp3) is 0.368. The van der Waals surface area contributed by atoms with Gasteiger partial charge in [-0.05, 0) is 62.7 Å². The monoisotopic (exact) mass is 315 g/mol. The first-order valence-corrected chi connectivity index (χ1v) is 7.92. The van der Waals surface area contributed by atoms with Gasteiger partial charge in [-0.1, -0.05) is 6.07 Å². The highest BCUT2D eigenvalue weighted by atomic mass is 16.5. The van der Waals surface area contributed by atoms with Crippen LogP contribution in [0, 0.1) is 0 Å². The van der Waals surface area contributed by atoms with Crippen molar-refractivity contribution in [3.63, 3.8) is 0 Å². The summed E-state index contributed by atoms with van der Waals surface area (Å²) in [5, 5.41) is 3.39. The summed E-state index contributed by atoms with van der Waals surface area (Å²) in [6.07, 6.45) is 0.123. The topological polar surface area (TPSA) is 39.7 Å². The Morgan fingerprint density at radius 1 is 1.00 bits per heavy atom. The van der Waals surface area contributed by atoms with Crippen LogP contribution in [0.15, 0.2) is 42.5 Å². The maximum absolute atomic E-state index is 5.78. The molecule has 0 unspecified atom stereocenters. The molecule has 2 aromatic carbocycles. The lowest BCUT2D eigenvalue weighted by Gasteiger charge is -2.16. The van der Waals surface area contributed by atoms with Crippen molar-refractivity contribution in [2.45, 2.75) is 33.4 Å². The zero-order valence-electron chi connectivity index (χ0n) is 14.3. The summed E-state index contributed by atoms with van der Waals surface area (Å²) >= 11 is 0. The van der Waals surface area contributed by atoms with Crippen LogP contribution in [-0.2, 0) is 6.54 Å². The standard InChI is InChI=1S/C19H25NO3/c1-5-22-19-12-15(6-11-18(19)23-14(2)3)13-20-16-7-9-17(21-4)10-8-16/h6-12,14,20H,5,13H2,1-4H3. The summed E-state index contributed by atoms with van der Waals surface area (Å²) in [5.74, 6) is 2.43. The van der Waals surface area contributed by atoms with Crippen molar-refractivity contribution in [1.29, 1.82) is 0 Å². The van der Waals surface area contributed by atoms with Gasteiger partial charge in [0.15, 0.2) is 11.5 Å². The lowest BCUT2D eigenvalue weighted by molar-refractivity contribution is 0.223. The van der Waals surface area contributed by atoms with E-state index in [0.29, 0.717) is 13.2 Å². The Morgan fingerprint density at radius 2 is 1.74 bits per heavy atom. The number of anilines is 1. The van der Waals surface area contributed by atoms with Gasteiger partial charge in [0, 0.05) is 12.2 Å². The van der Waals surface area contributed by atoms with E-state index in [9.17, 15) is 0 Å². The third-order valence-corrected chi connectivity index (χ3v) is 3.26. The summed E-state index contributed by atoms with van der Waals surface area (Å²) in [5.41, 5.74) is 2.19. The van der Waals surface area contributed by atoms with E-state index < -0.39 is 0 Å². The fourth-order valence-corrected chi connectivity index (χ4v) is 2.20. The third kappa shape index (κ3) is 5.09. The Balaban J connectivity index is 2.05. The van der Waals surface area contributed by atoms with Gasteiger partial charge in [0.1, 0.15) is 5.75 Å². The predicted octanol–water partition coefficient (Wildman–Crippen LogP) is 4.49. The molecule has 0 saturated heterocycles. The summed E-state index contributed by atoms with van der Waals surface area (Å²) in [6, 6.07) is 13.9. The molecule has 0 fully saturated rings. The molecule has 0 spiro atoms. The lowest BCUT2D eigenvalue weighted by atomic mass is 10.2. The molecule has 0 aliphatic rings. The number of methoxy groups -OCH3 is 1. The van der Waals surface area contributed by atoms with Crippen molar-refractivity contribution in [1.82, 2.24) is 0 Å². The number of nitrogens with one attached hydrogen (secondary N) is 1. The van der Waals surface area contributed by atoms with Gasteiger partial charge in [0.05, 0.1) is 19.8 Å².